The minimum Gasteiger partial charge on any atom is -0.372 e. The van der Waals surface area contributed by atoms with Gasteiger partial charge in [-0.3, -0.25) is 14.4 Å². The molecule has 0 saturated carbocycles. The van der Waals surface area contributed by atoms with Gasteiger partial charge in [-0.05, 0) is 13.8 Å². The molecule has 2 amide bonds. The molecule has 0 aromatic rings. The van der Waals surface area contributed by atoms with Crippen molar-refractivity contribution in [3.63, 3.8) is 0 Å². The molecule has 144 valence electrons. The van der Waals surface area contributed by atoms with Crippen LogP contribution in [0.15, 0.2) is 0 Å². The maximum absolute atomic E-state index is 11.5. The number of hydrogen-bond donors (Lipinski definition) is 2. The van der Waals surface area contributed by atoms with E-state index in [1.54, 1.807) is 0 Å². The fraction of sp³-hybridized carbons (Fsp3) is 0.812. The molecule has 0 radical (unpaired) electrons. The zero-order valence-electron chi connectivity index (χ0n) is 15.1. The average Bonchev–Trinajstić information content (AvgIpc) is 2.51. The predicted octanol–water partition coefficient (Wildman–Crippen LogP) is 0.394. The third-order valence-corrected chi connectivity index (χ3v) is 2.81. The summed E-state index contributed by atoms with van der Waals surface area (Å²) in [6, 6.07) is 0. The van der Waals surface area contributed by atoms with Gasteiger partial charge in [0.15, 0.2) is 5.78 Å². The van der Waals surface area contributed by atoms with Gasteiger partial charge >= 0.3 is 0 Å². The topological polar surface area (TPSA) is 103 Å². The molecule has 2 N–H and O–H groups in total. The van der Waals surface area contributed by atoms with Crippen molar-refractivity contribution in [2.24, 2.45) is 5.92 Å². The van der Waals surface area contributed by atoms with Crippen molar-refractivity contribution in [3.05, 3.63) is 0 Å². The van der Waals surface area contributed by atoms with E-state index < -0.39 is 0 Å². The van der Waals surface area contributed by atoms with Crippen molar-refractivity contribution in [2.75, 3.05) is 46.1 Å². The van der Waals surface area contributed by atoms with Crippen LogP contribution < -0.4 is 10.6 Å². The number of ketones is 1. The van der Waals surface area contributed by atoms with Crippen LogP contribution in [0.25, 0.3) is 0 Å². The largest absolute Gasteiger partial charge is 0.372 e. The van der Waals surface area contributed by atoms with Crippen LogP contribution in [0.3, 0.4) is 0 Å². The smallest absolute Gasteiger partial charge is 0.246 e. The Bertz CT molecular complexity index is 395. The summed E-state index contributed by atoms with van der Waals surface area (Å²) in [4.78, 5) is 34.1. The maximum atomic E-state index is 11.5. The van der Waals surface area contributed by atoms with Gasteiger partial charge in [-0.25, -0.2) is 0 Å². The van der Waals surface area contributed by atoms with Gasteiger partial charge in [-0.2, -0.15) is 0 Å². The Labute approximate surface area is 146 Å². The van der Waals surface area contributed by atoms with Crippen LogP contribution in [0.1, 0.15) is 30.5 Å². The molecule has 0 aromatic heterocycles. The van der Waals surface area contributed by atoms with E-state index in [0.29, 0.717) is 13.1 Å². The van der Waals surface area contributed by atoms with E-state index in [-0.39, 0.29) is 65.5 Å². The molecular formula is C16H34N2O6. The van der Waals surface area contributed by atoms with Crippen molar-refractivity contribution in [2.45, 2.75) is 33.8 Å². The van der Waals surface area contributed by atoms with Crippen molar-refractivity contribution in [3.8, 4) is 0 Å². The van der Waals surface area contributed by atoms with Crippen LogP contribution in [0, 0.1) is 5.92 Å². The van der Waals surface area contributed by atoms with Gasteiger partial charge in [0.1, 0.15) is 19.8 Å². The van der Waals surface area contributed by atoms with E-state index in [2.05, 4.69) is 10.6 Å². The molecule has 0 aliphatic rings. The fourth-order valence-corrected chi connectivity index (χ4v) is 1.37. The molecular weight excluding hydrogens is 316 g/mol. The molecule has 0 heterocycles. The van der Waals surface area contributed by atoms with Crippen molar-refractivity contribution in [1.29, 1.82) is 0 Å². The molecule has 0 unspecified atom stereocenters. The van der Waals surface area contributed by atoms with E-state index in [0.717, 1.165) is 0 Å². The summed E-state index contributed by atoms with van der Waals surface area (Å²) in [6.07, 6.45) is 0.00293. The number of carbonyl (C=O) groups excluding carboxylic acids is 3. The second-order valence-electron chi connectivity index (χ2n) is 5.79. The highest BCUT2D eigenvalue weighted by atomic mass is 16.5. The zero-order valence-corrected chi connectivity index (χ0v) is 15.1. The lowest BCUT2D eigenvalue weighted by molar-refractivity contribution is -0.127. The van der Waals surface area contributed by atoms with Gasteiger partial charge < -0.3 is 24.8 Å². The van der Waals surface area contributed by atoms with E-state index in [4.69, 9.17) is 14.2 Å². The first-order chi connectivity index (χ1) is 11.3. The number of carbonyl (C=O) groups is 3. The number of Topliss-reactive ketones (excluding diaryl/α,β-unsaturated/α-hetero) is 1. The SMILES string of the molecule is CC(C)OCC(=O)NCCOCC(=O)NCCOCC(=O)C(C)C.[HH].[HH]. The van der Waals surface area contributed by atoms with Gasteiger partial charge in [0.05, 0.1) is 19.3 Å². The first-order valence-electron chi connectivity index (χ1n) is 8.16. The Kier molecular flexibility index (Phi) is 13.0. The fourth-order valence-electron chi connectivity index (χ4n) is 1.37. The highest BCUT2D eigenvalue weighted by Gasteiger charge is 2.07. The minimum atomic E-state index is -0.275. The Hall–Kier alpha value is -1.51. The molecule has 0 spiro atoms. The van der Waals surface area contributed by atoms with Crippen LogP contribution in [0.2, 0.25) is 0 Å². The van der Waals surface area contributed by atoms with Crippen LogP contribution in [-0.4, -0.2) is 69.8 Å². The predicted molar refractivity (Wildman–Crippen MR) is 92.8 cm³/mol. The average molecular weight is 350 g/mol. The zero-order chi connectivity index (χ0) is 18.4. The van der Waals surface area contributed by atoms with Gasteiger partial charge in [0, 0.05) is 21.9 Å². The standard InChI is InChI=1S/C16H30N2O6.2H2/c1-12(2)14(19)9-22-7-5-17-15(20)10-23-8-6-18-16(21)11-24-13(3)4;;/h12-13H,5-11H2,1-4H3,(H,17,20)(H,18,21);2*1H. The molecule has 24 heavy (non-hydrogen) atoms. The molecule has 0 atom stereocenters. The number of ether oxygens (including phenoxy) is 3. The van der Waals surface area contributed by atoms with Crippen molar-refractivity contribution >= 4 is 17.6 Å². The van der Waals surface area contributed by atoms with Crippen LogP contribution in [0.4, 0.5) is 0 Å². The summed E-state index contributed by atoms with van der Waals surface area (Å²) in [7, 11) is 0. The second-order valence-corrected chi connectivity index (χ2v) is 5.79. The highest BCUT2D eigenvalue weighted by molar-refractivity contribution is 5.81. The maximum Gasteiger partial charge on any atom is 0.246 e. The lowest BCUT2D eigenvalue weighted by atomic mass is 10.1. The molecule has 8 heteroatoms. The summed E-state index contributed by atoms with van der Waals surface area (Å²) in [5.74, 6) is -0.510. The van der Waals surface area contributed by atoms with Gasteiger partial charge in [-0.1, -0.05) is 13.8 Å². The molecule has 0 aromatic carbocycles. The quantitative estimate of drug-likeness (QED) is 0.440. The highest BCUT2D eigenvalue weighted by Crippen LogP contribution is 1.93. The van der Waals surface area contributed by atoms with E-state index in [1.165, 1.54) is 0 Å². The third-order valence-electron chi connectivity index (χ3n) is 2.81. The molecule has 0 rings (SSSR count). The monoisotopic (exact) mass is 350 g/mol. The van der Waals surface area contributed by atoms with E-state index in [1.807, 2.05) is 27.7 Å². The molecule has 0 bridgehead atoms. The second kappa shape index (κ2) is 13.9. The molecule has 0 aliphatic heterocycles. The first-order valence-corrected chi connectivity index (χ1v) is 8.16. The molecule has 0 aliphatic carbocycles. The first kappa shape index (κ1) is 22.5. The molecule has 8 nitrogen and oxygen atoms in total. The summed E-state index contributed by atoms with van der Waals surface area (Å²) in [5.41, 5.74) is 0. The lowest BCUT2D eigenvalue weighted by Gasteiger charge is -2.09. The normalized spacial score (nSPS) is 10.9. The van der Waals surface area contributed by atoms with Crippen LogP contribution >= 0.6 is 0 Å². The van der Waals surface area contributed by atoms with Crippen molar-refractivity contribution < 1.29 is 31.4 Å². The molecule has 0 fully saturated rings. The lowest BCUT2D eigenvalue weighted by Crippen LogP contribution is -2.34. The Balaban J connectivity index is -0.00000264. The summed E-state index contributed by atoms with van der Waals surface area (Å²) in [5, 5.41) is 5.23. The summed E-state index contributed by atoms with van der Waals surface area (Å²) < 4.78 is 15.4. The number of amides is 2. The van der Waals surface area contributed by atoms with Gasteiger partial charge in [0.25, 0.3) is 0 Å². The minimum absolute atomic E-state index is 0. The summed E-state index contributed by atoms with van der Waals surface area (Å²) in [6.45, 7) is 8.44. The van der Waals surface area contributed by atoms with Crippen molar-refractivity contribution in [1.82, 2.24) is 10.6 Å². The van der Waals surface area contributed by atoms with Crippen LogP contribution in [-0.2, 0) is 28.6 Å². The number of rotatable bonds is 14. The van der Waals surface area contributed by atoms with Gasteiger partial charge in [-0.15, -0.1) is 0 Å². The Morgan fingerprint density at radius 2 is 1.33 bits per heavy atom. The number of hydrogen-bond acceptors (Lipinski definition) is 6. The van der Waals surface area contributed by atoms with Crippen LogP contribution in [0.5, 0.6) is 0 Å². The Morgan fingerprint density at radius 3 is 1.83 bits per heavy atom. The van der Waals surface area contributed by atoms with Gasteiger partial charge in [0.2, 0.25) is 11.8 Å². The third kappa shape index (κ3) is 14.1. The summed E-state index contributed by atoms with van der Waals surface area (Å²) >= 11 is 0. The molecule has 0 saturated heterocycles. The van der Waals surface area contributed by atoms with E-state index >= 15 is 0 Å². The van der Waals surface area contributed by atoms with E-state index in [9.17, 15) is 14.4 Å². The number of nitrogens with one attached hydrogen (secondary N) is 2. The Morgan fingerprint density at radius 1 is 0.833 bits per heavy atom.